The Morgan fingerprint density at radius 3 is 2.62 bits per heavy atom. The third-order valence-electron chi connectivity index (χ3n) is 8.13. The highest BCUT2D eigenvalue weighted by Crippen LogP contribution is 2.46. The van der Waals surface area contributed by atoms with E-state index in [1.807, 2.05) is 0 Å². The SMILES string of the molecule is CC(NP(=O)(OCC1OC[C@@](C)(n2cnc3c(N(C)NS(C)(=O)=O)nc(N)nc32)[C@@H]1O)Oc1ccc(Br)cc1)C(=O)OC1CCCCC1. The Morgan fingerprint density at radius 1 is 1.27 bits per heavy atom. The van der Waals surface area contributed by atoms with Crippen molar-refractivity contribution in [3.05, 3.63) is 35.1 Å². The van der Waals surface area contributed by atoms with Crippen LogP contribution in [-0.4, -0.2) is 89.9 Å². The minimum atomic E-state index is -4.26. The van der Waals surface area contributed by atoms with Gasteiger partial charge in [0.25, 0.3) is 0 Å². The van der Waals surface area contributed by atoms with E-state index in [4.69, 9.17) is 24.3 Å². The Bertz CT molecular complexity index is 1780. The topological polar surface area (TPSA) is 222 Å². The van der Waals surface area contributed by atoms with Crippen LogP contribution in [0.15, 0.2) is 35.1 Å². The zero-order valence-corrected chi connectivity index (χ0v) is 30.2. The number of nitrogens with one attached hydrogen (secondary N) is 2. The van der Waals surface area contributed by atoms with Crippen molar-refractivity contribution in [2.75, 3.05) is 37.3 Å². The highest BCUT2D eigenvalue weighted by molar-refractivity contribution is 9.10. The summed E-state index contributed by atoms with van der Waals surface area (Å²) in [5, 5.41) is 15.4. The van der Waals surface area contributed by atoms with E-state index in [2.05, 4.69) is 40.8 Å². The number of fused-ring (bicyclic) bond motifs is 1. The van der Waals surface area contributed by atoms with Gasteiger partial charge >= 0.3 is 13.7 Å². The lowest BCUT2D eigenvalue weighted by Crippen LogP contribution is -2.45. The molecule has 5 atom stereocenters. The maximum atomic E-state index is 14.1. The number of nitrogens with two attached hydrogens (primary N) is 1. The average molecular weight is 776 g/mol. The van der Waals surface area contributed by atoms with E-state index in [-0.39, 0.29) is 41.4 Å². The van der Waals surface area contributed by atoms with Crippen molar-refractivity contribution in [2.45, 2.75) is 75.8 Å². The lowest BCUT2D eigenvalue weighted by atomic mass is 9.94. The van der Waals surface area contributed by atoms with Gasteiger partial charge < -0.3 is 29.4 Å². The summed E-state index contributed by atoms with van der Waals surface area (Å²) in [4.78, 5) is 28.0. The molecule has 48 heavy (non-hydrogen) atoms. The smallest absolute Gasteiger partial charge is 0.459 e. The van der Waals surface area contributed by atoms with E-state index in [1.54, 1.807) is 35.8 Å². The molecule has 17 nitrogen and oxygen atoms in total. The van der Waals surface area contributed by atoms with E-state index in [0.717, 1.165) is 47.8 Å². The molecule has 3 aromatic rings. The van der Waals surface area contributed by atoms with Crippen LogP contribution in [0.1, 0.15) is 46.0 Å². The van der Waals surface area contributed by atoms with Gasteiger partial charge in [-0.15, -0.1) is 4.83 Å². The van der Waals surface area contributed by atoms with Crippen molar-refractivity contribution in [2.24, 2.45) is 0 Å². The summed E-state index contributed by atoms with van der Waals surface area (Å²) in [5.41, 5.74) is 5.21. The second kappa shape index (κ2) is 14.5. The third-order valence-corrected chi connectivity index (χ3v) is 10.9. The highest BCUT2D eigenvalue weighted by Gasteiger charge is 2.49. The van der Waals surface area contributed by atoms with Crippen LogP contribution in [0.25, 0.3) is 11.2 Å². The molecule has 1 saturated carbocycles. The van der Waals surface area contributed by atoms with E-state index in [0.29, 0.717) is 0 Å². The van der Waals surface area contributed by atoms with Crippen molar-refractivity contribution in [3.8, 4) is 5.75 Å². The number of ether oxygens (including phenoxy) is 2. The largest absolute Gasteiger partial charge is 0.461 e. The molecule has 2 fully saturated rings. The first-order valence-corrected chi connectivity index (χ1v) is 19.5. The molecule has 20 heteroatoms. The predicted octanol–water partition coefficient (Wildman–Crippen LogP) is 2.60. The first-order chi connectivity index (χ1) is 22.6. The lowest BCUT2D eigenvalue weighted by Gasteiger charge is -2.30. The van der Waals surface area contributed by atoms with Gasteiger partial charge in [-0.25, -0.2) is 18.0 Å². The van der Waals surface area contributed by atoms with E-state index in [1.165, 1.54) is 20.3 Å². The molecular weight excluding hydrogens is 735 g/mol. The number of aliphatic hydroxyl groups is 1. The Hall–Kier alpha value is -2.90. The fourth-order valence-electron chi connectivity index (χ4n) is 5.64. The standard InChI is InChI=1S/C28H40BrN8O9PS/c1-17(26(39)45-19-8-6-5-7-9-19)34-47(40,46-20-12-10-18(29)11-13-20)44-14-21-23(38)28(2,15-43-21)37-16-31-22-24(32-27(30)33-25(22)37)36(3)35-48(4,41)42/h10-13,16-17,19,21,23,35,38H,5-9,14-15H2,1-4H3,(H,34,40)(H2,30,32,33)/t17?,21?,23-,28-,47?/m1/s1. The van der Waals surface area contributed by atoms with Gasteiger partial charge in [-0.2, -0.15) is 15.1 Å². The number of imidazole rings is 1. The molecule has 1 saturated heterocycles. The van der Waals surface area contributed by atoms with Crippen LogP contribution in [0, 0.1) is 0 Å². The molecule has 1 aliphatic heterocycles. The summed E-state index contributed by atoms with van der Waals surface area (Å²) in [7, 11) is -6.47. The van der Waals surface area contributed by atoms with Crippen LogP contribution in [0.2, 0.25) is 0 Å². The number of anilines is 2. The number of benzene rings is 1. The number of esters is 1. The van der Waals surface area contributed by atoms with Gasteiger partial charge in [0, 0.05) is 11.5 Å². The number of sulfonamides is 1. The number of aliphatic hydroxyl groups excluding tert-OH is 1. The van der Waals surface area contributed by atoms with Gasteiger partial charge in [0.2, 0.25) is 16.0 Å². The number of hydrogen-bond acceptors (Lipinski definition) is 14. The molecule has 264 valence electrons. The molecule has 1 aliphatic carbocycles. The molecule has 5 N–H and O–H groups in total. The molecule has 5 rings (SSSR count). The minimum Gasteiger partial charge on any atom is -0.461 e. The van der Waals surface area contributed by atoms with E-state index in [9.17, 15) is 22.9 Å². The summed E-state index contributed by atoms with van der Waals surface area (Å²) in [6.45, 7) is 2.78. The highest BCUT2D eigenvalue weighted by atomic mass is 79.9. The Balaban J connectivity index is 1.34. The second-order valence-electron chi connectivity index (χ2n) is 12.2. The minimum absolute atomic E-state index is 0.0419. The summed E-state index contributed by atoms with van der Waals surface area (Å²) >= 11 is 3.35. The fourth-order valence-corrected chi connectivity index (χ4v) is 7.99. The number of halogens is 1. The van der Waals surface area contributed by atoms with Gasteiger partial charge in [-0.05, 0) is 63.8 Å². The van der Waals surface area contributed by atoms with Gasteiger partial charge in [0.1, 0.15) is 30.1 Å². The maximum Gasteiger partial charge on any atom is 0.459 e. The molecule has 0 spiro atoms. The molecule has 1 aromatic carbocycles. The molecule has 0 amide bonds. The van der Waals surface area contributed by atoms with Crippen molar-refractivity contribution in [1.29, 1.82) is 0 Å². The molecule has 0 radical (unpaired) electrons. The Labute approximate surface area is 286 Å². The van der Waals surface area contributed by atoms with Crippen molar-refractivity contribution in [1.82, 2.24) is 29.4 Å². The molecule has 0 bridgehead atoms. The molecule has 3 unspecified atom stereocenters. The fraction of sp³-hybridized carbons (Fsp3) is 0.571. The second-order valence-corrected chi connectivity index (χ2v) is 16.5. The summed E-state index contributed by atoms with van der Waals surface area (Å²) < 4.78 is 63.3. The predicted molar refractivity (Wildman–Crippen MR) is 179 cm³/mol. The van der Waals surface area contributed by atoms with Gasteiger partial charge in [-0.3, -0.25) is 14.3 Å². The van der Waals surface area contributed by atoms with Crippen LogP contribution in [0.4, 0.5) is 11.8 Å². The monoisotopic (exact) mass is 774 g/mol. The van der Waals surface area contributed by atoms with Crippen molar-refractivity contribution < 1.29 is 41.4 Å². The number of hydrogen-bond donors (Lipinski definition) is 4. The zero-order chi connectivity index (χ0) is 34.9. The van der Waals surface area contributed by atoms with Gasteiger partial charge in [-0.1, -0.05) is 22.4 Å². The van der Waals surface area contributed by atoms with Crippen molar-refractivity contribution >= 4 is 62.6 Å². The summed E-state index contributed by atoms with van der Waals surface area (Å²) in [5.74, 6) is -0.439. The third kappa shape index (κ3) is 8.45. The van der Waals surface area contributed by atoms with Crippen molar-refractivity contribution in [3.63, 3.8) is 0 Å². The summed E-state index contributed by atoms with van der Waals surface area (Å²) in [6.07, 6.45) is 4.54. The zero-order valence-electron chi connectivity index (χ0n) is 26.9. The number of aromatic nitrogens is 4. The Kier molecular flexibility index (Phi) is 11.0. The van der Waals surface area contributed by atoms with Gasteiger partial charge in [0.15, 0.2) is 17.0 Å². The van der Waals surface area contributed by atoms with Crippen LogP contribution in [0.5, 0.6) is 5.75 Å². The normalized spacial score (nSPS) is 23.9. The average Bonchev–Trinajstić information content (AvgIpc) is 3.57. The lowest BCUT2D eigenvalue weighted by molar-refractivity contribution is -0.152. The first-order valence-electron chi connectivity index (χ1n) is 15.3. The number of carbonyl (C=O) groups is 1. The molecule has 3 heterocycles. The quantitative estimate of drug-likeness (QED) is 0.111. The molecule has 2 aromatic heterocycles. The maximum absolute atomic E-state index is 14.1. The number of nitrogens with zero attached hydrogens (tertiary/aromatic N) is 5. The summed E-state index contributed by atoms with van der Waals surface area (Å²) in [6, 6.07) is 5.52. The van der Waals surface area contributed by atoms with E-state index >= 15 is 0 Å². The number of carbonyl (C=O) groups excluding carboxylic acids is 1. The van der Waals surface area contributed by atoms with E-state index < -0.39 is 54.1 Å². The van der Waals surface area contributed by atoms with Crippen LogP contribution in [-0.2, 0) is 38.9 Å². The van der Waals surface area contributed by atoms with Crippen LogP contribution >= 0.6 is 23.7 Å². The number of hydrazine groups is 1. The van der Waals surface area contributed by atoms with Crippen LogP contribution < -0.4 is 25.2 Å². The van der Waals surface area contributed by atoms with Gasteiger partial charge in [0.05, 0.1) is 31.3 Å². The molecule has 2 aliphatic rings. The molecular formula is C28H40BrN8O9PS. The van der Waals surface area contributed by atoms with Crippen LogP contribution in [0.3, 0.4) is 0 Å². The number of nitrogen functional groups attached to an aromatic ring is 1. The number of rotatable bonds is 13. The Morgan fingerprint density at radius 2 is 1.96 bits per heavy atom. The first kappa shape index (κ1) is 36.4.